The fourth-order valence-corrected chi connectivity index (χ4v) is 5.78. The monoisotopic (exact) mass is 483 g/mol. The van der Waals surface area contributed by atoms with Crippen molar-refractivity contribution in [3.63, 3.8) is 0 Å². The van der Waals surface area contributed by atoms with Crippen LogP contribution < -0.4 is 5.32 Å². The van der Waals surface area contributed by atoms with Gasteiger partial charge in [-0.05, 0) is 66.7 Å². The van der Waals surface area contributed by atoms with Crippen molar-refractivity contribution in [2.75, 3.05) is 38.0 Å². The summed E-state index contributed by atoms with van der Waals surface area (Å²) >= 11 is 0. The molecule has 0 aromatic heterocycles. The standard InChI is InChI=1S/C30H33N3O3/c34-28(35)30(26-15-6-4-13-24(26)25-14-5-7-16-27(25)30)17-8-9-18-32-19-10-20-33(22-21-32)29(36)31-23-11-2-1-3-12-23/h1-7,11-16H,8-10,17-22H2,(H,31,36)(H,34,35). The van der Waals surface area contributed by atoms with Gasteiger partial charge in [-0.3, -0.25) is 4.79 Å². The SMILES string of the molecule is O=C(Nc1ccccc1)N1CCCN(CCCCC2(C(=O)O)c3ccccc3-c3ccccc32)CC1. The number of para-hydroxylation sites is 1. The topological polar surface area (TPSA) is 72.9 Å². The molecule has 2 aliphatic rings. The van der Waals surface area contributed by atoms with E-state index in [4.69, 9.17) is 0 Å². The molecular formula is C30H33N3O3. The summed E-state index contributed by atoms with van der Waals surface area (Å²) in [5.74, 6) is -0.769. The summed E-state index contributed by atoms with van der Waals surface area (Å²) in [4.78, 5) is 29.7. The van der Waals surface area contributed by atoms with Gasteiger partial charge >= 0.3 is 12.0 Å². The van der Waals surface area contributed by atoms with Crippen molar-refractivity contribution >= 4 is 17.7 Å². The molecule has 1 heterocycles. The van der Waals surface area contributed by atoms with E-state index in [1.54, 1.807) is 0 Å². The number of hydrogen-bond acceptors (Lipinski definition) is 3. The molecule has 0 bridgehead atoms. The van der Waals surface area contributed by atoms with E-state index in [0.29, 0.717) is 13.0 Å². The molecule has 6 heteroatoms. The van der Waals surface area contributed by atoms with Crippen LogP contribution in [0.15, 0.2) is 78.9 Å². The van der Waals surface area contributed by atoms with Crippen molar-refractivity contribution in [2.45, 2.75) is 31.1 Å². The molecule has 36 heavy (non-hydrogen) atoms. The first kappa shape index (κ1) is 24.1. The number of unbranched alkanes of at least 4 members (excludes halogenated alkanes) is 1. The Balaban J connectivity index is 1.18. The van der Waals surface area contributed by atoms with Gasteiger partial charge in [-0.15, -0.1) is 0 Å². The maximum atomic E-state index is 12.8. The molecular weight excluding hydrogens is 450 g/mol. The number of nitrogens with one attached hydrogen (secondary N) is 1. The molecule has 1 saturated heterocycles. The fourth-order valence-electron chi connectivity index (χ4n) is 5.78. The minimum atomic E-state index is -0.988. The van der Waals surface area contributed by atoms with Crippen LogP contribution in [0.25, 0.3) is 11.1 Å². The molecule has 2 N–H and O–H groups in total. The molecule has 0 radical (unpaired) electrons. The quantitative estimate of drug-likeness (QED) is 0.439. The Morgan fingerprint density at radius 2 is 1.42 bits per heavy atom. The number of urea groups is 1. The molecule has 6 nitrogen and oxygen atoms in total. The first-order chi connectivity index (χ1) is 17.6. The van der Waals surface area contributed by atoms with E-state index in [-0.39, 0.29) is 6.03 Å². The van der Waals surface area contributed by atoms with Gasteiger partial charge in [0, 0.05) is 25.3 Å². The molecule has 0 atom stereocenters. The lowest BCUT2D eigenvalue weighted by molar-refractivity contribution is -0.142. The molecule has 186 valence electrons. The summed E-state index contributed by atoms with van der Waals surface area (Å²) in [5, 5.41) is 13.5. The van der Waals surface area contributed by atoms with Crippen LogP contribution in [-0.2, 0) is 10.2 Å². The van der Waals surface area contributed by atoms with Crippen LogP contribution >= 0.6 is 0 Å². The van der Waals surface area contributed by atoms with E-state index < -0.39 is 11.4 Å². The van der Waals surface area contributed by atoms with E-state index in [9.17, 15) is 14.7 Å². The number of rotatable bonds is 7. The molecule has 0 saturated carbocycles. The summed E-state index contributed by atoms with van der Waals surface area (Å²) in [6, 6.07) is 25.4. The predicted octanol–water partition coefficient (Wildman–Crippen LogP) is 5.45. The Hall–Kier alpha value is -3.64. The number of carbonyl (C=O) groups is 2. The van der Waals surface area contributed by atoms with Gasteiger partial charge in [-0.1, -0.05) is 73.2 Å². The number of aliphatic carboxylic acids is 1. The Labute approximate surface area is 212 Å². The van der Waals surface area contributed by atoms with Crippen LogP contribution in [-0.4, -0.2) is 59.6 Å². The van der Waals surface area contributed by atoms with Crippen LogP contribution in [0.4, 0.5) is 10.5 Å². The molecule has 3 aromatic carbocycles. The Morgan fingerprint density at radius 3 is 2.08 bits per heavy atom. The number of nitrogens with zero attached hydrogens (tertiary/aromatic N) is 2. The molecule has 1 aliphatic heterocycles. The van der Waals surface area contributed by atoms with Crippen molar-refractivity contribution in [3.05, 3.63) is 90.0 Å². The van der Waals surface area contributed by atoms with Crippen LogP contribution in [0.1, 0.15) is 36.8 Å². The van der Waals surface area contributed by atoms with Crippen molar-refractivity contribution in [1.82, 2.24) is 9.80 Å². The Bertz CT molecular complexity index is 1180. The second-order valence-corrected chi connectivity index (χ2v) is 9.74. The number of anilines is 1. The van der Waals surface area contributed by atoms with E-state index in [0.717, 1.165) is 73.4 Å². The fraction of sp³-hybridized carbons (Fsp3) is 0.333. The lowest BCUT2D eigenvalue weighted by Gasteiger charge is -2.28. The van der Waals surface area contributed by atoms with Crippen molar-refractivity contribution < 1.29 is 14.7 Å². The van der Waals surface area contributed by atoms with E-state index >= 15 is 0 Å². The lowest BCUT2D eigenvalue weighted by Crippen LogP contribution is -2.38. The number of hydrogen-bond donors (Lipinski definition) is 2. The summed E-state index contributed by atoms with van der Waals surface area (Å²) in [5.41, 5.74) is 3.72. The number of benzene rings is 3. The van der Waals surface area contributed by atoms with Crippen molar-refractivity contribution in [1.29, 1.82) is 0 Å². The molecule has 0 unspecified atom stereocenters. The highest BCUT2D eigenvalue weighted by atomic mass is 16.4. The Kier molecular flexibility index (Phi) is 7.05. The third-order valence-corrected chi connectivity index (χ3v) is 7.61. The third kappa shape index (κ3) is 4.61. The summed E-state index contributed by atoms with van der Waals surface area (Å²) in [7, 11) is 0. The van der Waals surface area contributed by atoms with Crippen LogP contribution in [0.2, 0.25) is 0 Å². The minimum Gasteiger partial charge on any atom is -0.480 e. The number of carboxylic acids is 1. The van der Waals surface area contributed by atoms with Crippen LogP contribution in [0.3, 0.4) is 0 Å². The third-order valence-electron chi connectivity index (χ3n) is 7.61. The van der Waals surface area contributed by atoms with Crippen LogP contribution in [0.5, 0.6) is 0 Å². The number of amides is 2. The molecule has 1 fully saturated rings. The van der Waals surface area contributed by atoms with Gasteiger partial charge in [0.2, 0.25) is 0 Å². The van der Waals surface area contributed by atoms with Gasteiger partial charge in [-0.2, -0.15) is 0 Å². The van der Waals surface area contributed by atoms with Crippen LogP contribution in [0, 0.1) is 0 Å². The van der Waals surface area contributed by atoms with Gasteiger partial charge in [0.1, 0.15) is 5.41 Å². The van der Waals surface area contributed by atoms with E-state index in [1.165, 1.54) is 0 Å². The molecule has 5 rings (SSSR count). The second kappa shape index (κ2) is 10.5. The van der Waals surface area contributed by atoms with Gasteiger partial charge < -0.3 is 20.2 Å². The summed E-state index contributed by atoms with van der Waals surface area (Å²) in [6.45, 7) is 4.12. The van der Waals surface area contributed by atoms with Gasteiger partial charge in [0.05, 0.1) is 0 Å². The highest BCUT2D eigenvalue weighted by molar-refractivity contribution is 5.97. The Morgan fingerprint density at radius 1 is 0.778 bits per heavy atom. The maximum absolute atomic E-state index is 12.8. The number of carbonyl (C=O) groups excluding carboxylic acids is 1. The maximum Gasteiger partial charge on any atom is 0.321 e. The van der Waals surface area contributed by atoms with Crippen molar-refractivity contribution in [3.8, 4) is 11.1 Å². The molecule has 2 amide bonds. The molecule has 3 aromatic rings. The average molecular weight is 484 g/mol. The summed E-state index contributed by atoms with van der Waals surface area (Å²) in [6.07, 6.45) is 3.26. The largest absolute Gasteiger partial charge is 0.480 e. The first-order valence-electron chi connectivity index (χ1n) is 12.9. The zero-order valence-electron chi connectivity index (χ0n) is 20.5. The van der Waals surface area contributed by atoms with E-state index in [2.05, 4.69) is 10.2 Å². The second-order valence-electron chi connectivity index (χ2n) is 9.74. The van der Waals surface area contributed by atoms with E-state index in [1.807, 2.05) is 83.8 Å². The highest BCUT2D eigenvalue weighted by Gasteiger charge is 2.48. The van der Waals surface area contributed by atoms with Gasteiger partial charge in [0.15, 0.2) is 0 Å². The molecule has 1 aliphatic carbocycles. The first-order valence-corrected chi connectivity index (χ1v) is 12.9. The van der Waals surface area contributed by atoms with Gasteiger partial charge in [0.25, 0.3) is 0 Å². The number of fused-ring (bicyclic) bond motifs is 3. The lowest BCUT2D eigenvalue weighted by atomic mass is 9.74. The predicted molar refractivity (Wildman–Crippen MR) is 142 cm³/mol. The zero-order valence-corrected chi connectivity index (χ0v) is 20.5. The smallest absolute Gasteiger partial charge is 0.321 e. The zero-order chi connectivity index (χ0) is 25.0. The summed E-state index contributed by atoms with van der Waals surface area (Å²) < 4.78 is 0. The average Bonchev–Trinajstić information content (AvgIpc) is 3.01. The minimum absolute atomic E-state index is 0.0509. The normalized spacial score (nSPS) is 16.6. The number of carboxylic acid groups (broad SMARTS) is 1. The van der Waals surface area contributed by atoms with Gasteiger partial charge in [-0.25, -0.2) is 4.79 Å². The highest BCUT2D eigenvalue weighted by Crippen LogP contribution is 2.51. The molecule has 0 spiro atoms. The van der Waals surface area contributed by atoms with Crippen molar-refractivity contribution in [2.24, 2.45) is 0 Å².